The van der Waals surface area contributed by atoms with Crippen LogP contribution in [0.1, 0.15) is 53.9 Å². The van der Waals surface area contributed by atoms with Crippen LogP contribution >= 0.6 is 0 Å². The van der Waals surface area contributed by atoms with Gasteiger partial charge >= 0.3 is 0 Å². The number of rotatable bonds is 0. The normalized spacial score (nSPS) is 34.6. The van der Waals surface area contributed by atoms with Gasteiger partial charge < -0.3 is 5.73 Å². The zero-order chi connectivity index (χ0) is 12.1. The second kappa shape index (κ2) is 6.14. The molecule has 15 heavy (non-hydrogen) atoms. The summed E-state index contributed by atoms with van der Waals surface area (Å²) >= 11 is 0. The molecule has 3 saturated carbocycles. The topological polar surface area (TPSA) is 43.1 Å². The Labute approximate surface area is 94.6 Å². The minimum absolute atomic E-state index is 0.250. The Hall–Kier alpha value is -0.530. The van der Waals surface area contributed by atoms with Crippen molar-refractivity contribution in [3.05, 3.63) is 0 Å². The second-order valence-corrected chi connectivity index (χ2v) is 5.05. The van der Waals surface area contributed by atoms with Gasteiger partial charge in [0, 0.05) is 0 Å². The summed E-state index contributed by atoms with van der Waals surface area (Å²) < 4.78 is 0. The summed E-state index contributed by atoms with van der Waals surface area (Å²) in [6, 6.07) is 0. The number of hydrogen-bond acceptors (Lipinski definition) is 1. The van der Waals surface area contributed by atoms with E-state index in [0.717, 1.165) is 17.8 Å². The summed E-state index contributed by atoms with van der Waals surface area (Å²) in [4.78, 5) is 8.58. The van der Waals surface area contributed by atoms with Gasteiger partial charge in [-0.3, -0.25) is 4.79 Å². The summed E-state index contributed by atoms with van der Waals surface area (Å²) in [5, 5.41) is 0. The van der Waals surface area contributed by atoms with Crippen molar-refractivity contribution in [2.45, 2.75) is 53.9 Å². The van der Waals surface area contributed by atoms with Crippen LogP contribution in [0.15, 0.2) is 0 Å². The van der Waals surface area contributed by atoms with Crippen molar-refractivity contribution in [1.29, 1.82) is 0 Å². The average molecular weight is 213 g/mol. The quantitative estimate of drug-likeness (QED) is 0.617. The van der Waals surface area contributed by atoms with Gasteiger partial charge in [-0.15, -0.1) is 0 Å². The zero-order valence-corrected chi connectivity index (χ0v) is 10.9. The number of fused-ring (bicyclic) bond motifs is 2. The molecule has 2 nitrogen and oxygen atoms in total. The van der Waals surface area contributed by atoms with E-state index >= 15 is 0 Å². The molecule has 2 N–H and O–H groups in total. The van der Waals surface area contributed by atoms with Crippen LogP contribution in [-0.2, 0) is 4.79 Å². The Morgan fingerprint density at radius 3 is 1.93 bits per heavy atom. The Bertz CT molecular complexity index is 187. The highest BCUT2D eigenvalue weighted by Crippen LogP contribution is 2.61. The van der Waals surface area contributed by atoms with E-state index in [0.29, 0.717) is 5.41 Å². The molecule has 0 aliphatic heterocycles. The van der Waals surface area contributed by atoms with Crippen molar-refractivity contribution < 1.29 is 4.79 Å². The molecule has 0 aromatic rings. The van der Waals surface area contributed by atoms with E-state index in [1.807, 2.05) is 13.8 Å². The lowest BCUT2D eigenvalue weighted by molar-refractivity contribution is -0.106. The van der Waals surface area contributed by atoms with Crippen LogP contribution in [0.25, 0.3) is 0 Å². The summed E-state index contributed by atoms with van der Waals surface area (Å²) in [7, 11) is 0. The third-order valence-electron chi connectivity index (χ3n) is 4.20. The van der Waals surface area contributed by atoms with E-state index in [1.54, 1.807) is 0 Å². The fourth-order valence-corrected chi connectivity index (χ4v) is 3.18. The fourth-order valence-electron chi connectivity index (χ4n) is 3.18. The molecule has 90 valence electrons. The molecule has 0 heterocycles. The Kier molecular flexibility index (Phi) is 5.92. The van der Waals surface area contributed by atoms with Crippen LogP contribution in [0, 0.1) is 23.2 Å². The number of carbonyl (C=O) groups is 1. The highest BCUT2D eigenvalue weighted by Gasteiger charge is 2.52. The van der Waals surface area contributed by atoms with Crippen LogP contribution in [-0.4, -0.2) is 6.41 Å². The van der Waals surface area contributed by atoms with Gasteiger partial charge in [0.05, 0.1) is 0 Å². The molecular formula is C13H27NO. The minimum atomic E-state index is 0.250. The van der Waals surface area contributed by atoms with Gasteiger partial charge in [0.1, 0.15) is 0 Å². The highest BCUT2D eigenvalue weighted by molar-refractivity contribution is 5.42. The Morgan fingerprint density at radius 1 is 1.27 bits per heavy atom. The number of hydrogen-bond donors (Lipinski definition) is 1. The van der Waals surface area contributed by atoms with Gasteiger partial charge in [0.15, 0.2) is 0 Å². The summed E-state index contributed by atoms with van der Waals surface area (Å²) in [5.41, 5.74) is 4.87. The van der Waals surface area contributed by atoms with Gasteiger partial charge in [0.25, 0.3) is 0 Å². The van der Waals surface area contributed by atoms with E-state index in [-0.39, 0.29) is 6.41 Å². The SMILES string of the molecule is CC.CC1CC[C@@H]2C[C@H]1C2(C)C.NC=O. The van der Waals surface area contributed by atoms with E-state index < -0.39 is 0 Å². The predicted octanol–water partition coefficient (Wildman–Crippen LogP) is 3.21. The first-order chi connectivity index (χ1) is 7.04. The van der Waals surface area contributed by atoms with E-state index in [2.05, 4.69) is 26.5 Å². The summed E-state index contributed by atoms with van der Waals surface area (Å²) in [6.45, 7) is 11.4. The van der Waals surface area contributed by atoms with Gasteiger partial charge in [-0.1, -0.05) is 41.0 Å². The number of carbonyl (C=O) groups excluding carboxylic acids is 1. The van der Waals surface area contributed by atoms with Gasteiger partial charge in [0.2, 0.25) is 6.41 Å². The van der Waals surface area contributed by atoms with Crippen LogP contribution in [0.5, 0.6) is 0 Å². The van der Waals surface area contributed by atoms with Crippen LogP contribution in [0.4, 0.5) is 0 Å². The summed E-state index contributed by atoms with van der Waals surface area (Å²) in [5.74, 6) is 3.15. The number of primary amides is 1. The second-order valence-electron chi connectivity index (χ2n) is 5.05. The highest BCUT2D eigenvalue weighted by atomic mass is 16.1. The molecule has 3 rings (SSSR count). The molecule has 3 aliphatic carbocycles. The van der Waals surface area contributed by atoms with Gasteiger partial charge in [-0.25, -0.2) is 0 Å². The van der Waals surface area contributed by atoms with Gasteiger partial charge in [-0.2, -0.15) is 0 Å². The molecule has 3 atom stereocenters. The third-order valence-corrected chi connectivity index (χ3v) is 4.20. The fraction of sp³-hybridized carbons (Fsp3) is 0.923. The van der Waals surface area contributed by atoms with Crippen LogP contribution < -0.4 is 5.73 Å². The average Bonchev–Trinajstić information content (AvgIpc) is 2.21. The standard InChI is InChI=1S/C10H18.C2H6.CH3NO/c1-7-4-5-8-6-9(7)10(8,2)3;1-2;2-1-3/h7-9H,4-6H2,1-3H3;1-2H3;1H,(H2,2,3)/t7?,8-,9-;;/m1../s1. The third kappa shape index (κ3) is 2.96. The Balaban J connectivity index is 0.000000342. The van der Waals surface area contributed by atoms with Crippen molar-refractivity contribution in [2.24, 2.45) is 28.9 Å². The zero-order valence-electron chi connectivity index (χ0n) is 10.9. The van der Waals surface area contributed by atoms with Crippen molar-refractivity contribution >= 4 is 6.41 Å². The first kappa shape index (κ1) is 14.5. The van der Waals surface area contributed by atoms with Crippen LogP contribution in [0.2, 0.25) is 0 Å². The van der Waals surface area contributed by atoms with Crippen LogP contribution in [0.3, 0.4) is 0 Å². The lowest BCUT2D eigenvalue weighted by Crippen LogP contribution is -2.51. The molecule has 2 heteroatoms. The maximum atomic E-state index is 8.58. The lowest BCUT2D eigenvalue weighted by atomic mass is 9.46. The molecule has 0 radical (unpaired) electrons. The maximum Gasteiger partial charge on any atom is 0.204 e. The van der Waals surface area contributed by atoms with Gasteiger partial charge in [-0.05, 0) is 36.0 Å². The number of nitrogens with two attached hydrogens (primary N) is 1. The first-order valence-corrected chi connectivity index (χ1v) is 6.19. The largest absolute Gasteiger partial charge is 0.372 e. The van der Waals surface area contributed by atoms with Crippen molar-refractivity contribution in [1.82, 2.24) is 0 Å². The number of amides is 1. The minimum Gasteiger partial charge on any atom is -0.372 e. The molecule has 1 amide bonds. The molecule has 0 aromatic carbocycles. The van der Waals surface area contributed by atoms with E-state index in [4.69, 9.17) is 4.79 Å². The molecular weight excluding hydrogens is 186 g/mol. The monoisotopic (exact) mass is 213 g/mol. The molecule has 0 saturated heterocycles. The molecule has 3 fully saturated rings. The lowest BCUT2D eigenvalue weighted by Gasteiger charge is -2.59. The molecule has 0 spiro atoms. The molecule has 0 aromatic heterocycles. The molecule has 1 unspecified atom stereocenters. The van der Waals surface area contributed by atoms with Crippen molar-refractivity contribution in [2.75, 3.05) is 0 Å². The van der Waals surface area contributed by atoms with E-state index in [1.165, 1.54) is 19.3 Å². The van der Waals surface area contributed by atoms with Crippen molar-refractivity contribution in [3.8, 4) is 0 Å². The van der Waals surface area contributed by atoms with E-state index in [9.17, 15) is 0 Å². The molecule has 2 bridgehead atoms. The predicted molar refractivity (Wildman–Crippen MR) is 65.4 cm³/mol. The first-order valence-electron chi connectivity index (χ1n) is 6.19. The summed E-state index contributed by atoms with van der Waals surface area (Å²) in [6.07, 6.45) is 4.79. The smallest absolute Gasteiger partial charge is 0.204 e. The molecule has 3 aliphatic rings. The Morgan fingerprint density at radius 2 is 1.73 bits per heavy atom. The maximum absolute atomic E-state index is 8.58. The van der Waals surface area contributed by atoms with Crippen molar-refractivity contribution in [3.63, 3.8) is 0 Å².